The monoisotopic (exact) mass is 355 g/mol. The van der Waals surface area contributed by atoms with Crippen molar-refractivity contribution < 1.29 is 23.5 Å². The lowest BCUT2D eigenvalue weighted by Crippen LogP contribution is -2.30. The van der Waals surface area contributed by atoms with Gasteiger partial charge in [-0.2, -0.15) is 0 Å². The topological polar surface area (TPSA) is 93.9 Å². The molecule has 0 aliphatic heterocycles. The minimum absolute atomic E-state index is 0.0726. The summed E-state index contributed by atoms with van der Waals surface area (Å²) in [4.78, 5) is 29.5. The first-order valence-corrected chi connectivity index (χ1v) is 8.72. The first-order chi connectivity index (χ1) is 12.1. The number of amides is 2. The lowest BCUT2D eigenvalue weighted by molar-refractivity contribution is -0.130. The molecule has 0 aliphatic carbocycles. The van der Waals surface area contributed by atoms with Gasteiger partial charge in [0.05, 0.1) is 6.54 Å². The van der Waals surface area contributed by atoms with Crippen LogP contribution < -0.4 is 5.32 Å². The van der Waals surface area contributed by atoms with Gasteiger partial charge in [0.1, 0.15) is 6.26 Å². The van der Waals surface area contributed by atoms with Crippen LogP contribution in [0.15, 0.2) is 10.7 Å². The lowest BCUT2D eigenvalue weighted by atomic mass is 10.3. The van der Waals surface area contributed by atoms with Crippen molar-refractivity contribution in [2.75, 3.05) is 39.5 Å². The number of nitrogens with zero attached hydrogens (tertiary/aromatic N) is 2. The van der Waals surface area contributed by atoms with E-state index >= 15 is 0 Å². The van der Waals surface area contributed by atoms with E-state index in [2.05, 4.69) is 10.3 Å². The van der Waals surface area contributed by atoms with Crippen molar-refractivity contribution in [2.24, 2.45) is 0 Å². The summed E-state index contributed by atoms with van der Waals surface area (Å²) in [5.74, 6) is -0.0279. The largest absolute Gasteiger partial charge is 0.446 e. The number of aromatic nitrogens is 1. The maximum absolute atomic E-state index is 12.0. The zero-order valence-corrected chi connectivity index (χ0v) is 15.4. The number of rotatable bonds is 13. The number of carbonyl (C=O) groups is 2. The summed E-state index contributed by atoms with van der Waals surface area (Å²) in [6.45, 7) is 9.18. The predicted octanol–water partition coefficient (Wildman–Crippen LogP) is 1.61. The fourth-order valence-corrected chi connectivity index (χ4v) is 2.11. The van der Waals surface area contributed by atoms with Gasteiger partial charge in [-0.1, -0.05) is 0 Å². The van der Waals surface area contributed by atoms with Crippen molar-refractivity contribution >= 4 is 11.8 Å². The van der Waals surface area contributed by atoms with Crippen molar-refractivity contribution in [1.29, 1.82) is 0 Å². The van der Waals surface area contributed by atoms with Gasteiger partial charge in [-0.3, -0.25) is 9.59 Å². The van der Waals surface area contributed by atoms with Crippen molar-refractivity contribution in [3.8, 4) is 0 Å². The van der Waals surface area contributed by atoms with Gasteiger partial charge in [-0.25, -0.2) is 4.98 Å². The second-order valence-electron chi connectivity index (χ2n) is 5.42. The summed E-state index contributed by atoms with van der Waals surface area (Å²) in [6.07, 6.45) is 2.79. The summed E-state index contributed by atoms with van der Waals surface area (Å²) in [5, 5.41) is 2.76. The zero-order chi connectivity index (χ0) is 18.5. The second kappa shape index (κ2) is 12.4. The average Bonchev–Trinajstić information content (AvgIpc) is 3.06. The van der Waals surface area contributed by atoms with Crippen molar-refractivity contribution in [3.63, 3.8) is 0 Å². The van der Waals surface area contributed by atoms with Crippen LogP contribution in [0.3, 0.4) is 0 Å². The van der Waals surface area contributed by atoms with E-state index in [4.69, 9.17) is 13.9 Å². The van der Waals surface area contributed by atoms with Crippen LogP contribution in [0.25, 0.3) is 0 Å². The molecule has 1 heterocycles. The molecule has 1 rings (SSSR count). The Hall–Kier alpha value is -1.93. The van der Waals surface area contributed by atoms with E-state index in [0.717, 1.165) is 12.8 Å². The Morgan fingerprint density at radius 2 is 1.88 bits per heavy atom. The highest BCUT2D eigenvalue weighted by Crippen LogP contribution is 2.07. The molecule has 1 N–H and O–H groups in total. The summed E-state index contributed by atoms with van der Waals surface area (Å²) in [6, 6.07) is 0. The number of ether oxygens (including phenoxy) is 2. The maximum atomic E-state index is 12.0. The van der Waals surface area contributed by atoms with Crippen LogP contribution in [0.5, 0.6) is 0 Å². The Balaban J connectivity index is 2.43. The summed E-state index contributed by atoms with van der Waals surface area (Å²) in [5.41, 5.74) is 0.212. The highest BCUT2D eigenvalue weighted by Gasteiger charge is 2.16. The van der Waals surface area contributed by atoms with Crippen LogP contribution >= 0.6 is 0 Å². The SMILES string of the molecule is CCOCCCNC(=O)c1coc(CN(CCCOCC)C(C)=O)n1. The van der Waals surface area contributed by atoms with Gasteiger partial charge >= 0.3 is 0 Å². The zero-order valence-electron chi connectivity index (χ0n) is 15.4. The Morgan fingerprint density at radius 3 is 2.52 bits per heavy atom. The van der Waals surface area contributed by atoms with E-state index in [-0.39, 0.29) is 24.1 Å². The molecule has 142 valence electrons. The molecule has 0 radical (unpaired) electrons. The first-order valence-electron chi connectivity index (χ1n) is 8.72. The van der Waals surface area contributed by atoms with Gasteiger partial charge in [-0.05, 0) is 26.7 Å². The molecule has 0 aromatic carbocycles. The number of nitrogens with one attached hydrogen (secondary N) is 1. The molecule has 25 heavy (non-hydrogen) atoms. The molecule has 0 saturated heterocycles. The van der Waals surface area contributed by atoms with E-state index in [1.165, 1.54) is 13.2 Å². The van der Waals surface area contributed by atoms with E-state index in [1.54, 1.807) is 4.90 Å². The standard InChI is InChI=1S/C17H29N3O5/c1-4-23-10-6-8-18-17(22)15-13-25-16(19-15)12-20(14(3)21)9-7-11-24-5-2/h13H,4-12H2,1-3H3,(H,18,22). The van der Waals surface area contributed by atoms with Crippen molar-refractivity contribution in [3.05, 3.63) is 17.8 Å². The summed E-state index contributed by atoms with van der Waals surface area (Å²) >= 11 is 0. The van der Waals surface area contributed by atoms with Crippen LogP contribution in [0, 0.1) is 0 Å². The minimum Gasteiger partial charge on any atom is -0.446 e. The molecule has 0 aliphatic rings. The molecule has 0 spiro atoms. The molecule has 1 aromatic rings. The van der Waals surface area contributed by atoms with Crippen molar-refractivity contribution in [2.45, 2.75) is 40.2 Å². The number of oxazole rings is 1. The molecule has 0 bridgehead atoms. The summed E-state index contributed by atoms with van der Waals surface area (Å²) in [7, 11) is 0. The Morgan fingerprint density at radius 1 is 1.20 bits per heavy atom. The highest BCUT2D eigenvalue weighted by atomic mass is 16.5. The van der Waals surface area contributed by atoms with Gasteiger partial charge in [0.2, 0.25) is 11.8 Å². The van der Waals surface area contributed by atoms with Gasteiger partial charge in [0.25, 0.3) is 5.91 Å². The number of hydrogen-bond donors (Lipinski definition) is 1. The molecule has 0 unspecified atom stereocenters. The van der Waals surface area contributed by atoms with E-state index in [9.17, 15) is 9.59 Å². The normalized spacial score (nSPS) is 10.7. The van der Waals surface area contributed by atoms with Crippen LogP contribution in [0.1, 0.15) is 50.0 Å². The maximum Gasteiger partial charge on any atom is 0.273 e. The van der Waals surface area contributed by atoms with E-state index in [0.29, 0.717) is 45.4 Å². The van der Waals surface area contributed by atoms with Crippen LogP contribution in [0.2, 0.25) is 0 Å². The van der Waals surface area contributed by atoms with Crippen LogP contribution in [-0.2, 0) is 20.8 Å². The molecular weight excluding hydrogens is 326 g/mol. The molecule has 0 atom stereocenters. The number of hydrogen-bond acceptors (Lipinski definition) is 6. The quantitative estimate of drug-likeness (QED) is 0.540. The van der Waals surface area contributed by atoms with Gasteiger partial charge in [0.15, 0.2) is 5.69 Å². The fraction of sp³-hybridized carbons (Fsp3) is 0.706. The van der Waals surface area contributed by atoms with E-state index < -0.39 is 0 Å². The summed E-state index contributed by atoms with van der Waals surface area (Å²) < 4.78 is 15.8. The molecule has 8 heteroatoms. The number of carbonyl (C=O) groups excluding carboxylic acids is 2. The smallest absolute Gasteiger partial charge is 0.273 e. The fourth-order valence-electron chi connectivity index (χ4n) is 2.11. The Bertz CT molecular complexity index is 518. The van der Waals surface area contributed by atoms with Crippen molar-refractivity contribution in [1.82, 2.24) is 15.2 Å². The molecule has 0 saturated carbocycles. The van der Waals surface area contributed by atoms with Gasteiger partial charge < -0.3 is 24.1 Å². The third kappa shape index (κ3) is 8.64. The third-order valence-electron chi connectivity index (χ3n) is 3.43. The van der Waals surface area contributed by atoms with Crippen LogP contribution in [-0.4, -0.2) is 61.2 Å². The molecule has 1 aromatic heterocycles. The molecule has 8 nitrogen and oxygen atoms in total. The average molecular weight is 355 g/mol. The Kier molecular flexibility index (Phi) is 10.5. The third-order valence-corrected chi connectivity index (χ3v) is 3.43. The van der Waals surface area contributed by atoms with Gasteiger partial charge in [-0.15, -0.1) is 0 Å². The predicted molar refractivity (Wildman–Crippen MR) is 92.1 cm³/mol. The van der Waals surface area contributed by atoms with Gasteiger partial charge in [0, 0.05) is 46.4 Å². The molecular formula is C17H29N3O5. The second-order valence-corrected chi connectivity index (χ2v) is 5.42. The first kappa shape index (κ1) is 21.1. The minimum atomic E-state index is -0.294. The highest BCUT2D eigenvalue weighted by molar-refractivity contribution is 5.91. The Labute approximate surface area is 148 Å². The van der Waals surface area contributed by atoms with E-state index in [1.807, 2.05) is 13.8 Å². The molecule has 0 fully saturated rings. The molecule has 2 amide bonds. The lowest BCUT2D eigenvalue weighted by Gasteiger charge is -2.18. The van der Waals surface area contributed by atoms with Crippen LogP contribution in [0.4, 0.5) is 0 Å².